The molecule has 0 radical (unpaired) electrons. The molecule has 1 atom stereocenters. The highest BCUT2D eigenvalue weighted by molar-refractivity contribution is 5.79. The fourth-order valence-electron chi connectivity index (χ4n) is 2.38. The van der Waals surface area contributed by atoms with Gasteiger partial charge in [0.25, 0.3) is 0 Å². The van der Waals surface area contributed by atoms with Crippen LogP contribution >= 0.6 is 0 Å². The minimum atomic E-state index is -0.00287. The molecule has 18 heavy (non-hydrogen) atoms. The Hall–Kier alpha value is -1.55. The van der Waals surface area contributed by atoms with Crippen LogP contribution in [0.5, 0.6) is 5.75 Å². The highest BCUT2D eigenvalue weighted by Gasteiger charge is 2.26. The molecular weight excluding hydrogens is 228 g/mol. The van der Waals surface area contributed by atoms with Crippen LogP contribution in [0, 0.1) is 6.92 Å². The van der Waals surface area contributed by atoms with Gasteiger partial charge in [0.2, 0.25) is 5.91 Å². The molecule has 4 heteroatoms. The van der Waals surface area contributed by atoms with E-state index >= 15 is 0 Å². The Morgan fingerprint density at radius 1 is 1.50 bits per heavy atom. The first-order valence-corrected chi connectivity index (χ1v) is 6.27. The van der Waals surface area contributed by atoms with Gasteiger partial charge >= 0.3 is 0 Å². The molecule has 0 aromatic heterocycles. The predicted molar refractivity (Wildman–Crippen MR) is 70.6 cm³/mol. The van der Waals surface area contributed by atoms with E-state index in [1.807, 2.05) is 17.0 Å². The summed E-state index contributed by atoms with van der Waals surface area (Å²) in [6.45, 7) is 3.44. The second-order valence-electron chi connectivity index (χ2n) is 4.87. The van der Waals surface area contributed by atoms with Crippen LogP contribution in [0.4, 0.5) is 0 Å². The van der Waals surface area contributed by atoms with Gasteiger partial charge in [-0.25, -0.2) is 0 Å². The van der Waals surface area contributed by atoms with E-state index < -0.39 is 0 Å². The van der Waals surface area contributed by atoms with Crippen molar-refractivity contribution in [1.82, 2.24) is 4.90 Å². The van der Waals surface area contributed by atoms with Gasteiger partial charge in [0.05, 0.1) is 7.11 Å². The van der Waals surface area contributed by atoms with E-state index in [-0.39, 0.29) is 11.9 Å². The first-order chi connectivity index (χ1) is 8.60. The van der Waals surface area contributed by atoms with Crippen LogP contribution < -0.4 is 10.5 Å². The van der Waals surface area contributed by atoms with E-state index in [4.69, 9.17) is 10.5 Å². The summed E-state index contributed by atoms with van der Waals surface area (Å²) in [5.41, 5.74) is 8.13. The van der Waals surface area contributed by atoms with Gasteiger partial charge in [-0.05, 0) is 25.0 Å². The zero-order chi connectivity index (χ0) is 13.1. The van der Waals surface area contributed by atoms with E-state index in [1.165, 1.54) is 5.56 Å². The molecule has 1 saturated heterocycles. The van der Waals surface area contributed by atoms with Crippen molar-refractivity contribution in [3.05, 3.63) is 29.3 Å². The number of hydrogen-bond donors (Lipinski definition) is 1. The second kappa shape index (κ2) is 5.40. The minimum Gasteiger partial charge on any atom is -0.496 e. The zero-order valence-corrected chi connectivity index (χ0v) is 11.0. The molecular formula is C14H20N2O2. The number of ether oxygens (including phenoxy) is 1. The number of amides is 1. The van der Waals surface area contributed by atoms with Crippen LogP contribution in [0.2, 0.25) is 0 Å². The van der Waals surface area contributed by atoms with E-state index in [2.05, 4.69) is 13.0 Å². The van der Waals surface area contributed by atoms with Crippen molar-refractivity contribution in [1.29, 1.82) is 0 Å². The van der Waals surface area contributed by atoms with E-state index in [9.17, 15) is 4.79 Å². The molecule has 98 valence electrons. The quantitative estimate of drug-likeness (QED) is 0.868. The minimum absolute atomic E-state index is 0.00287. The lowest BCUT2D eigenvalue weighted by atomic mass is 10.1. The lowest BCUT2D eigenvalue weighted by Gasteiger charge is -2.17. The summed E-state index contributed by atoms with van der Waals surface area (Å²) in [6.07, 6.45) is 1.29. The molecule has 1 fully saturated rings. The average Bonchev–Trinajstić information content (AvgIpc) is 2.65. The van der Waals surface area contributed by atoms with Crippen molar-refractivity contribution in [2.45, 2.75) is 25.8 Å². The molecule has 1 heterocycles. The van der Waals surface area contributed by atoms with E-state index in [0.717, 1.165) is 17.7 Å². The van der Waals surface area contributed by atoms with Crippen molar-refractivity contribution < 1.29 is 9.53 Å². The number of benzene rings is 1. The third-order valence-electron chi connectivity index (χ3n) is 3.33. The Bertz CT molecular complexity index is 445. The molecule has 1 aliphatic heterocycles. The maximum absolute atomic E-state index is 11.6. The van der Waals surface area contributed by atoms with Crippen molar-refractivity contribution in [2.75, 3.05) is 20.2 Å². The van der Waals surface area contributed by atoms with Gasteiger partial charge in [0.15, 0.2) is 0 Å². The van der Waals surface area contributed by atoms with Crippen molar-refractivity contribution in [3.8, 4) is 5.75 Å². The molecule has 1 amide bonds. The summed E-state index contributed by atoms with van der Waals surface area (Å²) in [4.78, 5) is 13.5. The molecule has 0 saturated carbocycles. The van der Waals surface area contributed by atoms with Crippen LogP contribution in [0.25, 0.3) is 0 Å². The summed E-state index contributed by atoms with van der Waals surface area (Å²) in [5.74, 6) is 1.05. The van der Waals surface area contributed by atoms with Gasteiger partial charge in [0.1, 0.15) is 5.75 Å². The average molecular weight is 248 g/mol. The lowest BCUT2D eigenvalue weighted by Crippen LogP contribution is -2.30. The smallest absolute Gasteiger partial charge is 0.224 e. The first kappa shape index (κ1) is 12.9. The third-order valence-corrected chi connectivity index (χ3v) is 3.33. The van der Waals surface area contributed by atoms with Crippen LogP contribution in [-0.2, 0) is 11.2 Å². The Balaban J connectivity index is 2.01. The molecule has 1 aliphatic rings. The molecule has 0 spiro atoms. The van der Waals surface area contributed by atoms with Gasteiger partial charge in [-0.1, -0.05) is 17.7 Å². The van der Waals surface area contributed by atoms with Gasteiger partial charge in [-0.3, -0.25) is 4.79 Å². The number of rotatable bonds is 4. The summed E-state index contributed by atoms with van der Waals surface area (Å²) >= 11 is 0. The van der Waals surface area contributed by atoms with Crippen LogP contribution in [0.1, 0.15) is 17.5 Å². The maximum atomic E-state index is 11.6. The Kier molecular flexibility index (Phi) is 3.87. The lowest BCUT2D eigenvalue weighted by molar-refractivity contribution is -0.127. The third kappa shape index (κ3) is 2.82. The number of nitrogens with zero attached hydrogens (tertiary/aromatic N) is 1. The van der Waals surface area contributed by atoms with Gasteiger partial charge < -0.3 is 15.4 Å². The first-order valence-electron chi connectivity index (χ1n) is 6.27. The number of aryl methyl sites for hydroxylation is 1. The summed E-state index contributed by atoms with van der Waals surface area (Å²) in [5, 5.41) is 0. The molecule has 1 unspecified atom stereocenters. The number of carbonyl (C=O) groups is 1. The molecule has 0 bridgehead atoms. The molecule has 0 aliphatic carbocycles. The predicted octanol–water partition coefficient (Wildman–Crippen LogP) is 1.11. The van der Waals surface area contributed by atoms with Crippen LogP contribution in [0.3, 0.4) is 0 Å². The second-order valence-corrected chi connectivity index (χ2v) is 4.87. The monoisotopic (exact) mass is 248 g/mol. The maximum Gasteiger partial charge on any atom is 0.224 e. The molecule has 1 aromatic carbocycles. The fourth-order valence-corrected chi connectivity index (χ4v) is 2.38. The topological polar surface area (TPSA) is 55.6 Å². The SMILES string of the molecule is COc1ccc(C)cc1CCN1CC(N)CC1=O. The molecule has 2 rings (SSSR count). The van der Waals surface area contributed by atoms with Gasteiger partial charge in [-0.2, -0.15) is 0 Å². The summed E-state index contributed by atoms with van der Waals surface area (Å²) in [7, 11) is 1.67. The van der Waals surface area contributed by atoms with Gasteiger partial charge in [-0.15, -0.1) is 0 Å². The van der Waals surface area contributed by atoms with Crippen molar-refractivity contribution >= 4 is 5.91 Å². The van der Waals surface area contributed by atoms with Crippen LogP contribution in [0.15, 0.2) is 18.2 Å². The molecule has 2 N–H and O–H groups in total. The molecule has 4 nitrogen and oxygen atoms in total. The van der Waals surface area contributed by atoms with Gasteiger partial charge in [0, 0.05) is 25.6 Å². The number of likely N-dealkylation sites (tertiary alicyclic amines) is 1. The standard InChI is InChI=1S/C14H20N2O2/c1-10-3-4-13(18-2)11(7-10)5-6-16-9-12(15)8-14(16)17/h3-4,7,12H,5-6,8-9,15H2,1-2H3. The summed E-state index contributed by atoms with van der Waals surface area (Å²) in [6, 6.07) is 6.11. The number of nitrogens with two attached hydrogens (primary N) is 1. The van der Waals surface area contributed by atoms with Crippen molar-refractivity contribution in [2.24, 2.45) is 5.73 Å². The van der Waals surface area contributed by atoms with Crippen LogP contribution in [-0.4, -0.2) is 37.0 Å². The highest BCUT2D eigenvalue weighted by atomic mass is 16.5. The normalized spacial score (nSPS) is 19.4. The number of methoxy groups -OCH3 is 1. The Labute approximate surface area is 108 Å². The Morgan fingerprint density at radius 3 is 2.89 bits per heavy atom. The Morgan fingerprint density at radius 2 is 2.28 bits per heavy atom. The number of carbonyl (C=O) groups excluding carboxylic acids is 1. The summed E-state index contributed by atoms with van der Waals surface area (Å²) < 4.78 is 5.34. The van der Waals surface area contributed by atoms with E-state index in [0.29, 0.717) is 19.5 Å². The van der Waals surface area contributed by atoms with E-state index in [1.54, 1.807) is 7.11 Å². The fraction of sp³-hybridized carbons (Fsp3) is 0.500. The van der Waals surface area contributed by atoms with Crippen molar-refractivity contribution in [3.63, 3.8) is 0 Å². The number of hydrogen-bond acceptors (Lipinski definition) is 3. The zero-order valence-electron chi connectivity index (χ0n) is 11.0. The molecule has 1 aromatic rings. The largest absolute Gasteiger partial charge is 0.496 e. The highest BCUT2D eigenvalue weighted by Crippen LogP contribution is 2.21.